The molecule has 15 heavy (non-hydrogen) atoms. The Labute approximate surface area is 89.9 Å². The molecule has 2 aliphatic heterocycles. The van der Waals surface area contributed by atoms with Crippen molar-refractivity contribution < 1.29 is 9.47 Å². The number of nitrogens with zero attached hydrogens (tertiary/aromatic N) is 2. The molecule has 0 spiro atoms. The number of nitriles is 1. The van der Waals surface area contributed by atoms with Gasteiger partial charge < -0.3 is 14.8 Å². The second-order valence-electron chi connectivity index (χ2n) is 3.95. The highest BCUT2D eigenvalue weighted by Gasteiger charge is 2.25. The number of ether oxygens (including phenoxy) is 2. The SMILES string of the molecule is N#CC1CNCCN1CC1CCOCO1. The van der Waals surface area contributed by atoms with Crippen molar-refractivity contribution in [3.8, 4) is 6.07 Å². The maximum absolute atomic E-state index is 8.99. The summed E-state index contributed by atoms with van der Waals surface area (Å²) in [6, 6.07) is 2.31. The highest BCUT2D eigenvalue weighted by Crippen LogP contribution is 2.11. The molecule has 2 heterocycles. The largest absolute Gasteiger partial charge is 0.355 e. The Morgan fingerprint density at radius 1 is 1.53 bits per heavy atom. The predicted octanol–water partition coefficient (Wildman–Crippen LogP) is -0.453. The van der Waals surface area contributed by atoms with Gasteiger partial charge in [0, 0.05) is 26.2 Å². The first-order valence-electron chi connectivity index (χ1n) is 5.44. The maximum Gasteiger partial charge on any atom is 0.147 e. The van der Waals surface area contributed by atoms with Crippen LogP contribution >= 0.6 is 0 Å². The molecule has 2 saturated heterocycles. The summed E-state index contributed by atoms with van der Waals surface area (Å²) in [6.07, 6.45) is 1.16. The van der Waals surface area contributed by atoms with Gasteiger partial charge in [-0.3, -0.25) is 4.90 Å². The topological polar surface area (TPSA) is 57.5 Å². The fraction of sp³-hybridized carbons (Fsp3) is 0.900. The number of rotatable bonds is 2. The van der Waals surface area contributed by atoms with Crippen molar-refractivity contribution in [2.24, 2.45) is 0 Å². The minimum Gasteiger partial charge on any atom is -0.355 e. The van der Waals surface area contributed by atoms with Gasteiger partial charge in [-0.25, -0.2) is 0 Å². The van der Waals surface area contributed by atoms with Gasteiger partial charge in [-0.15, -0.1) is 0 Å². The summed E-state index contributed by atoms with van der Waals surface area (Å²) in [5, 5.41) is 12.2. The van der Waals surface area contributed by atoms with E-state index in [1.165, 1.54) is 0 Å². The van der Waals surface area contributed by atoms with Gasteiger partial charge in [-0.2, -0.15) is 5.26 Å². The quantitative estimate of drug-likeness (QED) is 0.670. The Bertz CT molecular complexity index is 235. The van der Waals surface area contributed by atoms with Crippen molar-refractivity contribution in [1.29, 1.82) is 5.26 Å². The number of piperazine rings is 1. The van der Waals surface area contributed by atoms with E-state index in [4.69, 9.17) is 14.7 Å². The lowest BCUT2D eigenvalue weighted by Gasteiger charge is -2.35. The van der Waals surface area contributed by atoms with Crippen LogP contribution in [-0.2, 0) is 9.47 Å². The summed E-state index contributed by atoms with van der Waals surface area (Å²) in [5.41, 5.74) is 0. The van der Waals surface area contributed by atoms with Crippen LogP contribution in [0.25, 0.3) is 0 Å². The normalized spacial score (nSPS) is 33.5. The Morgan fingerprint density at radius 3 is 3.20 bits per heavy atom. The van der Waals surface area contributed by atoms with E-state index in [-0.39, 0.29) is 12.1 Å². The molecule has 2 aliphatic rings. The monoisotopic (exact) mass is 211 g/mol. The van der Waals surface area contributed by atoms with E-state index in [1.807, 2.05) is 0 Å². The third-order valence-electron chi connectivity index (χ3n) is 2.91. The van der Waals surface area contributed by atoms with Crippen LogP contribution in [0.3, 0.4) is 0 Å². The number of hydrogen-bond acceptors (Lipinski definition) is 5. The molecule has 2 rings (SSSR count). The Balaban J connectivity index is 1.83. The van der Waals surface area contributed by atoms with E-state index in [0.717, 1.165) is 39.2 Å². The van der Waals surface area contributed by atoms with E-state index in [0.29, 0.717) is 6.79 Å². The van der Waals surface area contributed by atoms with Crippen molar-refractivity contribution in [2.75, 3.05) is 39.6 Å². The molecular formula is C10H17N3O2. The first-order chi connectivity index (χ1) is 7.40. The molecule has 0 aromatic rings. The zero-order valence-electron chi connectivity index (χ0n) is 8.82. The van der Waals surface area contributed by atoms with E-state index >= 15 is 0 Å². The second kappa shape index (κ2) is 5.42. The van der Waals surface area contributed by atoms with Crippen molar-refractivity contribution in [2.45, 2.75) is 18.6 Å². The van der Waals surface area contributed by atoms with Gasteiger partial charge in [0.05, 0.1) is 18.8 Å². The van der Waals surface area contributed by atoms with Crippen molar-refractivity contribution in [3.05, 3.63) is 0 Å². The fourth-order valence-corrected chi connectivity index (χ4v) is 2.00. The van der Waals surface area contributed by atoms with Gasteiger partial charge in [0.25, 0.3) is 0 Å². The van der Waals surface area contributed by atoms with E-state index in [9.17, 15) is 0 Å². The van der Waals surface area contributed by atoms with Crippen molar-refractivity contribution >= 4 is 0 Å². The third-order valence-corrected chi connectivity index (χ3v) is 2.91. The molecule has 2 unspecified atom stereocenters. The highest BCUT2D eigenvalue weighted by atomic mass is 16.7. The van der Waals surface area contributed by atoms with E-state index in [2.05, 4.69) is 16.3 Å². The lowest BCUT2D eigenvalue weighted by Crippen LogP contribution is -2.53. The zero-order valence-corrected chi connectivity index (χ0v) is 8.82. The molecule has 0 aliphatic carbocycles. The molecule has 1 N–H and O–H groups in total. The molecule has 0 saturated carbocycles. The van der Waals surface area contributed by atoms with Crippen LogP contribution in [0.5, 0.6) is 0 Å². The minimum absolute atomic E-state index is 0.00908. The molecule has 5 heteroatoms. The smallest absolute Gasteiger partial charge is 0.147 e. The lowest BCUT2D eigenvalue weighted by atomic mass is 10.1. The predicted molar refractivity (Wildman–Crippen MR) is 54.2 cm³/mol. The molecule has 5 nitrogen and oxygen atoms in total. The summed E-state index contributed by atoms with van der Waals surface area (Å²) >= 11 is 0. The average molecular weight is 211 g/mol. The molecule has 0 radical (unpaired) electrons. The van der Waals surface area contributed by atoms with Crippen LogP contribution < -0.4 is 5.32 Å². The van der Waals surface area contributed by atoms with Gasteiger partial charge in [0.15, 0.2) is 0 Å². The molecular weight excluding hydrogens is 194 g/mol. The van der Waals surface area contributed by atoms with Crippen LogP contribution in [0.2, 0.25) is 0 Å². The molecule has 0 bridgehead atoms. The molecule has 84 valence electrons. The van der Waals surface area contributed by atoms with Crippen LogP contribution in [0.4, 0.5) is 0 Å². The minimum atomic E-state index is -0.00908. The summed E-state index contributed by atoms with van der Waals surface area (Å²) in [6.45, 7) is 4.67. The van der Waals surface area contributed by atoms with Crippen molar-refractivity contribution in [1.82, 2.24) is 10.2 Å². The van der Waals surface area contributed by atoms with Crippen LogP contribution in [-0.4, -0.2) is 56.6 Å². The van der Waals surface area contributed by atoms with Gasteiger partial charge in [-0.05, 0) is 6.42 Å². The Hall–Kier alpha value is -0.670. The lowest BCUT2D eigenvalue weighted by molar-refractivity contribution is -0.146. The van der Waals surface area contributed by atoms with Crippen LogP contribution in [0.1, 0.15) is 6.42 Å². The van der Waals surface area contributed by atoms with E-state index < -0.39 is 0 Å². The molecule has 2 fully saturated rings. The van der Waals surface area contributed by atoms with Gasteiger partial charge >= 0.3 is 0 Å². The Morgan fingerprint density at radius 2 is 2.47 bits per heavy atom. The standard InChI is InChI=1S/C10H17N3O2/c11-5-9-6-12-2-3-13(9)7-10-1-4-14-8-15-10/h9-10,12H,1-4,6-8H2. The number of hydrogen-bond donors (Lipinski definition) is 1. The molecule has 0 amide bonds. The van der Waals surface area contributed by atoms with Crippen LogP contribution in [0.15, 0.2) is 0 Å². The Kier molecular flexibility index (Phi) is 3.92. The number of nitrogens with one attached hydrogen (secondary N) is 1. The van der Waals surface area contributed by atoms with Gasteiger partial charge in [-0.1, -0.05) is 0 Å². The summed E-state index contributed by atoms with van der Waals surface area (Å²) in [7, 11) is 0. The summed E-state index contributed by atoms with van der Waals surface area (Å²) in [5.74, 6) is 0. The second-order valence-corrected chi connectivity index (χ2v) is 3.95. The third kappa shape index (κ3) is 2.89. The van der Waals surface area contributed by atoms with Crippen molar-refractivity contribution in [3.63, 3.8) is 0 Å². The summed E-state index contributed by atoms with van der Waals surface area (Å²) < 4.78 is 10.6. The molecule has 0 aromatic carbocycles. The molecule has 0 aromatic heterocycles. The summed E-state index contributed by atoms with van der Waals surface area (Å²) in [4.78, 5) is 2.20. The fourth-order valence-electron chi connectivity index (χ4n) is 2.00. The van der Waals surface area contributed by atoms with E-state index in [1.54, 1.807) is 0 Å². The first kappa shape index (κ1) is 10.8. The molecule has 2 atom stereocenters. The van der Waals surface area contributed by atoms with Crippen LogP contribution in [0, 0.1) is 11.3 Å². The van der Waals surface area contributed by atoms with Gasteiger partial charge in [0.2, 0.25) is 0 Å². The average Bonchev–Trinajstić information content (AvgIpc) is 2.31. The van der Waals surface area contributed by atoms with Gasteiger partial charge in [0.1, 0.15) is 12.8 Å². The highest BCUT2D eigenvalue weighted by molar-refractivity contribution is 4.96. The maximum atomic E-state index is 8.99. The zero-order chi connectivity index (χ0) is 10.5. The first-order valence-corrected chi connectivity index (χ1v) is 5.44.